The van der Waals surface area contributed by atoms with Gasteiger partial charge < -0.3 is 19.8 Å². The first-order valence-electron chi connectivity index (χ1n) is 7.81. The maximum absolute atomic E-state index is 11.9. The molecule has 7 nitrogen and oxygen atoms in total. The summed E-state index contributed by atoms with van der Waals surface area (Å²) in [6.07, 6.45) is 1.35. The summed E-state index contributed by atoms with van der Waals surface area (Å²) in [7, 11) is 0. The van der Waals surface area contributed by atoms with Crippen molar-refractivity contribution in [1.29, 1.82) is 0 Å². The van der Waals surface area contributed by atoms with E-state index >= 15 is 0 Å². The molecule has 0 aliphatic heterocycles. The predicted octanol–water partition coefficient (Wildman–Crippen LogP) is 2.20. The zero-order valence-electron chi connectivity index (χ0n) is 14.1. The molecule has 2 N–H and O–H groups in total. The van der Waals surface area contributed by atoms with Gasteiger partial charge in [0.15, 0.2) is 12.4 Å². The van der Waals surface area contributed by atoms with Crippen LogP contribution >= 0.6 is 0 Å². The molecule has 0 unspecified atom stereocenters. The van der Waals surface area contributed by atoms with Gasteiger partial charge in [0.2, 0.25) is 0 Å². The predicted molar refractivity (Wildman–Crippen MR) is 91.2 cm³/mol. The Kier molecular flexibility index (Phi) is 6.33. The molecule has 0 radical (unpaired) electrons. The normalized spacial score (nSPS) is 10.2. The summed E-state index contributed by atoms with van der Waals surface area (Å²) in [6.45, 7) is 3.49. The molecule has 0 saturated heterocycles. The first-order chi connectivity index (χ1) is 12.0. The number of hydrogen-bond donors (Lipinski definition) is 2. The number of aryl methyl sites for hydroxylation is 2. The van der Waals surface area contributed by atoms with Crippen LogP contribution in [0.4, 0.5) is 5.69 Å². The van der Waals surface area contributed by atoms with E-state index in [0.717, 1.165) is 11.1 Å². The van der Waals surface area contributed by atoms with E-state index in [1.807, 2.05) is 32.0 Å². The van der Waals surface area contributed by atoms with Gasteiger partial charge in [-0.15, -0.1) is 0 Å². The van der Waals surface area contributed by atoms with E-state index in [9.17, 15) is 14.4 Å². The van der Waals surface area contributed by atoms with E-state index in [-0.39, 0.29) is 25.3 Å². The highest BCUT2D eigenvalue weighted by Crippen LogP contribution is 2.19. The van der Waals surface area contributed by atoms with Gasteiger partial charge in [-0.1, -0.05) is 18.2 Å². The molecule has 0 fully saturated rings. The second-order valence-corrected chi connectivity index (χ2v) is 5.46. The van der Waals surface area contributed by atoms with Crippen molar-refractivity contribution in [2.24, 2.45) is 0 Å². The molecule has 1 aromatic heterocycles. The molecule has 0 spiro atoms. The largest absolute Gasteiger partial charge is 0.459 e. The highest BCUT2D eigenvalue weighted by atomic mass is 16.5. The summed E-state index contributed by atoms with van der Waals surface area (Å²) >= 11 is 0. The first-order valence-corrected chi connectivity index (χ1v) is 7.81. The average Bonchev–Trinajstić information content (AvgIpc) is 3.11. The van der Waals surface area contributed by atoms with Crippen LogP contribution in [0.2, 0.25) is 0 Å². The van der Waals surface area contributed by atoms with Gasteiger partial charge in [0.25, 0.3) is 11.8 Å². The van der Waals surface area contributed by atoms with Gasteiger partial charge in [-0.3, -0.25) is 14.4 Å². The number of carbonyl (C=O) groups is 3. The average molecular weight is 344 g/mol. The number of benzene rings is 1. The summed E-state index contributed by atoms with van der Waals surface area (Å²) in [5, 5.41) is 5.25. The molecule has 1 aromatic carbocycles. The number of rotatable bonds is 7. The van der Waals surface area contributed by atoms with Gasteiger partial charge in [0.05, 0.1) is 12.7 Å². The van der Waals surface area contributed by atoms with Crippen molar-refractivity contribution < 1.29 is 23.5 Å². The van der Waals surface area contributed by atoms with Crippen molar-refractivity contribution >= 4 is 23.5 Å². The molecule has 25 heavy (non-hydrogen) atoms. The number of nitrogens with one attached hydrogen (secondary N) is 2. The summed E-state index contributed by atoms with van der Waals surface area (Å²) < 4.78 is 9.83. The minimum atomic E-state index is -0.573. The fourth-order valence-corrected chi connectivity index (χ4v) is 2.18. The van der Waals surface area contributed by atoms with Crippen LogP contribution in [-0.2, 0) is 14.3 Å². The van der Waals surface area contributed by atoms with E-state index in [2.05, 4.69) is 10.6 Å². The second-order valence-electron chi connectivity index (χ2n) is 5.46. The summed E-state index contributed by atoms with van der Waals surface area (Å²) in [5.41, 5.74) is 2.58. The lowest BCUT2D eigenvalue weighted by Crippen LogP contribution is -2.27. The van der Waals surface area contributed by atoms with E-state index in [0.29, 0.717) is 5.69 Å². The van der Waals surface area contributed by atoms with E-state index in [4.69, 9.17) is 9.15 Å². The Morgan fingerprint density at radius 3 is 2.44 bits per heavy atom. The topological polar surface area (TPSA) is 97.6 Å². The van der Waals surface area contributed by atoms with Crippen LogP contribution < -0.4 is 10.6 Å². The fourth-order valence-electron chi connectivity index (χ4n) is 2.18. The van der Waals surface area contributed by atoms with Crippen LogP contribution in [-0.4, -0.2) is 30.9 Å². The third-order valence-corrected chi connectivity index (χ3v) is 3.47. The smallest absolute Gasteiger partial charge is 0.308 e. The molecule has 0 atom stereocenters. The van der Waals surface area contributed by atoms with Crippen LogP contribution in [0, 0.1) is 13.8 Å². The third kappa shape index (κ3) is 5.49. The highest BCUT2D eigenvalue weighted by molar-refractivity contribution is 5.94. The van der Waals surface area contributed by atoms with Crippen molar-refractivity contribution in [3.63, 3.8) is 0 Å². The van der Waals surface area contributed by atoms with Crippen LogP contribution in [0.1, 0.15) is 28.1 Å². The van der Waals surface area contributed by atoms with Crippen molar-refractivity contribution in [3.8, 4) is 0 Å². The van der Waals surface area contributed by atoms with Gasteiger partial charge in [-0.05, 0) is 37.1 Å². The number of anilines is 1. The van der Waals surface area contributed by atoms with Crippen molar-refractivity contribution in [3.05, 3.63) is 53.5 Å². The molecule has 132 valence electrons. The van der Waals surface area contributed by atoms with Crippen LogP contribution in [0.25, 0.3) is 0 Å². The summed E-state index contributed by atoms with van der Waals surface area (Å²) in [5.74, 6) is -1.23. The van der Waals surface area contributed by atoms with E-state index < -0.39 is 17.8 Å². The monoisotopic (exact) mass is 344 g/mol. The number of esters is 1. The molecule has 7 heteroatoms. The SMILES string of the molecule is Cc1cccc(C)c1NC(=O)COC(=O)CCNC(=O)c1ccco1. The molecule has 2 amide bonds. The molecule has 2 rings (SSSR count). The Bertz CT molecular complexity index is 733. The molecular formula is C18H20N2O5. The van der Waals surface area contributed by atoms with Crippen LogP contribution in [0.3, 0.4) is 0 Å². The maximum atomic E-state index is 11.9. The Labute approximate surface area is 145 Å². The standard InChI is InChI=1S/C18H20N2O5/c1-12-5-3-6-13(2)17(12)20-15(21)11-25-16(22)8-9-19-18(23)14-7-4-10-24-14/h3-7,10H,8-9,11H2,1-2H3,(H,19,23)(H,20,21). The third-order valence-electron chi connectivity index (χ3n) is 3.47. The Morgan fingerprint density at radius 2 is 1.80 bits per heavy atom. The zero-order valence-corrected chi connectivity index (χ0v) is 14.1. The lowest BCUT2D eigenvalue weighted by molar-refractivity contribution is -0.147. The number of ether oxygens (including phenoxy) is 1. The van der Waals surface area contributed by atoms with Crippen molar-refractivity contribution in [1.82, 2.24) is 5.32 Å². The minimum Gasteiger partial charge on any atom is -0.459 e. The molecule has 0 saturated carbocycles. The number of furan rings is 1. The lowest BCUT2D eigenvalue weighted by atomic mass is 10.1. The molecular weight excluding hydrogens is 324 g/mol. The van der Waals surface area contributed by atoms with Gasteiger partial charge in [0, 0.05) is 12.2 Å². The van der Waals surface area contributed by atoms with Gasteiger partial charge >= 0.3 is 5.97 Å². The molecule has 0 aliphatic carbocycles. The van der Waals surface area contributed by atoms with E-state index in [1.54, 1.807) is 6.07 Å². The van der Waals surface area contributed by atoms with Gasteiger partial charge in [-0.2, -0.15) is 0 Å². The van der Waals surface area contributed by atoms with Crippen LogP contribution in [0.15, 0.2) is 41.0 Å². The Morgan fingerprint density at radius 1 is 1.08 bits per heavy atom. The second kappa shape index (κ2) is 8.68. The lowest BCUT2D eigenvalue weighted by Gasteiger charge is -2.11. The summed E-state index contributed by atoms with van der Waals surface area (Å²) in [4.78, 5) is 35.1. The molecule has 0 aliphatic rings. The molecule has 1 heterocycles. The van der Waals surface area contributed by atoms with Gasteiger partial charge in [-0.25, -0.2) is 0 Å². The number of carbonyl (C=O) groups excluding carboxylic acids is 3. The minimum absolute atomic E-state index is 0.0386. The molecule has 2 aromatic rings. The molecule has 0 bridgehead atoms. The Hall–Kier alpha value is -3.09. The quantitative estimate of drug-likeness (QED) is 0.751. The zero-order chi connectivity index (χ0) is 18.2. The van der Waals surface area contributed by atoms with E-state index in [1.165, 1.54) is 12.3 Å². The number of hydrogen-bond acceptors (Lipinski definition) is 5. The fraction of sp³-hybridized carbons (Fsp3) is 0.278. The Balaban J connectivity index is 1.69. The number of amides is 2. The summed E-state index contributed by atoms with van der Waals surface area (Å²) in [6, 6.07) is 8.79. The maximum Gasteiger partial charge on any atom is 0.308 e. The number of para-hydroxylation sites is 1. The first kappa shape index (κ1) is 18.3. The van der Waals surface area contributed by atoms with Crippen LogP contribution in [0.5, 0.6) is 0 Å². The highest BCUT2D eigenvalue weighted by Gasteiger charge is 2.12. The van der Waals surface area contributed by atoms with Gasteiger partial charge in [0.1, 0.15) is 0 Å². The van der Waals surface area contributed by atoms with Crippen molar-refractivity contribution in [2.45, 2.75) is 20.3 Å². The van der Waals surface area contributed by atoms with Crippen molar-refractivity contribution in [2.75, 3.05) is 18.5 Å².